The summed E-state index contributed by atoms with van der Waals surface area (Å²) < 4.78 is 7.85. The number of ether oxygens (including phenoxy) is 1. The molecule has 1 aliphatic heterocycles. The van der Waals surface area contributed by atoms with Gasteiger partial charge >= 0.3 is 0 Å². The van der Waals surface area contributed by atoms with Crippen molar-refractivity contribution in [2.75, 3.05) is 20.3 Å². The maximum atomic E-state index is 5.42. The maximum absolute atomic E-state index is 5.42. The summed E-state index contributed by atoms with van der Waals surface area (Å²) in [5, 5.41) is 3.41. The minimum Gasteiger partial charge on any atom is -0.382 e. The van der Waals surface area contributed by atoms with Crippen molar-refractivity contribution in [3.8, 4) is 0 Å². The van der Waals surface area contributed by atoms with Gasteiger partial charge in [0.15, 0.2) is 0 Å². The van der Waals surface area contributed by atoms with E-state index in [4.69, 9.17) is 9.72 Å². The van der Waals surface area contributed by atoms with Gasteiger partial charge in [-0.25, -0.2) is 4.98 Å². The predicted octanol–water partition coefficient (Wildman–Crippen LogP) is 2.11. The molecule has 2 heterocycles. The number of fused-ring (bicyclic) bond motifs is 1. The second-order valence-corrected chi connectivity index (χ2v) is 6.53. The number of aromatic nitrogens is 2. The second-order valence-electron chi connectivity index (χ2n) is 6.53. The van der Waals surface area contributed by atoms with Crippen molar-refractivity contribution < 1.29 is 4.74 Å². The largest absolute Gasteiger partial charge is 0.382 e. The molecule has 19 heavy (non-hydrogen) atoms. The monoisotopic (exact) mass is 265 g/mol. The summed E-state index contributed by atoms with van der Waals surface area (Å²) in [6.07, 6.45) is 2.09. The van der Waals surface area contributed by atoms with Crippen molar-refractivity contribution in [1.29, 1.82) is 0 Å². The fraction of sp³-hybridized carbons (Fsp3) is 0.800. The third kappa shape index (κ3) is 3.00. The molecule has 0 atom stereocenters. The topological polar surface area (TPSA) is 39.1 Å². The average Bonchev–Trinajstić information content (AvgIpc) is 2.66. The Hall–Kier alpha value is -0.870. The highest BCUT2D eigenvalue weighted by Crippen LogP contribution is 2.27. The minimum absolute atomic E-state index is 0.0309. The van der Waals surface area contributed by atoms with Gasteiger partial charge in [0.2, 0.25) is 0 Å². The van der Waals surface area contributed by atoms with Crippen molar-refractivity contribution >= 4 is 0 Å². The molecule has 1 aromatic heterocycles. The van der Waals surface area contributed by atoms with Crippen LogP contribution in [0.1, 0.15) is 44.9 Å². The van der Waals surface area contributed by atoms with Crippen LogP contribution in [0.2, 0.25) is 0 Å². The molecule has 0 saturated carbocycles. The fourth-order valence-electron chi connectivity index (χ4n) is 3.00. The standard InChI is InChI=1S/C15H27N3O/c1-11(2)8-14-17-12-9-16-7-6-13(12)18(14)15(3,4)10-19-5/h11,16H,6-10H2,1-5H3. The lowest BCUT2D eigenvalue weighted by Gasteiger charge is -2.31. The number of rotatable bonds is 5. The molecule has 0 aromatic carbocycles. The highest BCUT2D eigenvalue weighted by molar-refractivity contribution is 5.23. The number of imidazole rings is 1. The first-order chi connectivity index (χ1) is 8.95. The predicted molar refractivity (Wildman–Crippen MR) is 77.4 cm³/mol. The summed E-state index contributed by atoms with van der Waals surface area (Å²) >= 11 is 0. The van der Waals surface area contributed by atoms with E-state index < -0.39 is 0 Å². The summed E-state index contributed by atoms with van der Waals surface area (Å²) in [4.78, 5) is 4.88. The number of hydrogen-bond donors (Lipinski definition) is 1. The molecule has 4 heteroatoms. The number of nitrogens with one attached hydrogen (secondary N) is 1. The Bertz CT molecular complexity index is 435. The van der Waals surface area contributed by atoms with E-state index in [0.717, 1.165) is 25.9 Å². The van der Waals surface area contributed by atoms with Crippen molar-refractivity contribution in [2.45, 2.75) is 52.6 Å². The Labute approximate surface area is 116 Å². The quantitative estimate of drug-likeness (QED) is 0.886. The van der Waals surface area contributed by atoms with Gasteiger partial charge in [-0.05, 0) is 19.8 Å². The van der Waals surface area contributed by atoms with Crippen LogP contribution in [0.15, 0.2) is 0 Å². The normalized spacial score (nSPS) is 15.9. The first-order valence-electron chi connectivity index (χ1n) is 7.25. The zero-order valence-electron chi connectivity index (χ0n) is 12.9. The summed E-state index contributed by atoms with van der Waals surface area (Å²) in [6.45, 7) is 11.6. The molecule has 0 radical (unpaired) electrons. The van der Waals surface area contributed by atoms with Gasteiger partial charge in [-0.3, -0.25) is 0 Å². The van der Waals surface area contributed by atoms with E-state index in [0.29, 0.717) is 12.5 Å². The lowest BCUT2D eigenvalue weighted by molar-refractivity contribution is 0.105. The lowest BCUT2D eigenvalue weighted by Crippen LogP contribution is -2.36. The van der Waals surface area contributed by atoms with Crippen LogP contribution in [0.3, 0.4) is 0 Å². The molecule has 1 aromatic rings. The van der Waals surface area contributed by atoms with Crippen molar-refractivity contribution in [3.63, 3.8) is 0 Å². The van der Waals surface area contributed by atoms with Crippen molar-refractivity contribution in [3.05, 3.63) is 17.2 Å². The molecule has 0 saturated heterocycles. The first-order valence-corrected chi connectivity index (χ1v) is 7.25. The van der Waals surface area contributed by atoms with Gasteiger partial charge in [0.1, 0.15) is 5.82 Å². The summed E-state index contributed by atoms with van der Waals surface area (Å²) in [5.41, 5.74) is 2.60. The molecule has 1 N–H and O–H groups in total. The molecule has 0 amide bonds. The van der Waals surface area contributed by atoms with Gasteiger partial charge in [-0.15, -0.1) is 0 Å². The Morgan fingerprint density at radius 3 is 2.79 bits per heavy atom. The highest BCUT2D eigenvalue weighted by Gasteiger charge is 2.30. The third-order valence-electron chi connectivity index (χ3n) is 3.65. The zero-order valence-corrected chi connectivity index (χ0v) is 12.9. The van der Waals surface area contributed by atoms with E-state index in [1.165, 1.54) is 17.2 Å². The fourth-order valence-corrected chi connectivity index (χ4v) is 3.00. The van der Waals surface area contributed by atoms with E-state index in [1.807, 2.05) is 0 Å². The molecule has 108 valence electrons. The van der Waals surface area contributed by atoms with Gasteiger partial charge in [-0.2, -0.15) is 0 Å². The summed E-state index contributed by atoms with van der Waals surface area (Å²) in [6, 6.07) is 0. The number of hydrogen-bond acceptors (Lipinski definition) is 3. The molecule has 0 bridgehead atoms. The molecule has 0 fully saturated rings. The van der Waals surface area contributed by atoms with Crippen LogP contribution in [0.5, 0.6) is 0 Å². The van der Waals surface area contributed by atoms with Crippen molar-refractivity contribution in [1.82, 2.24) is 14.9 Å². The van der Waals surface area contributed by atoms with Crippen LogP contribution in [0.4, 0.5) is 0 Å². The van der Waals surface area contributed by atoms with Crippen LogP contribution in [-0.2, 0) is 29.7 Å². The van der Waals surface area contributed by atoms with E-state index in [1.54, 1.807) is 7.11 Å². The summed E-state index contributed by atoms with van der Waals surface area (Å²) in [7, 11) is 1.77. The summed E-state index contributed by atoms with van der Waals surface area (Å²) in [5.74, 6) is 1.83. The molecule has 0 unspecified atom stereocenters. The van der Waals surface area contributed by atoms with Gasteiger partial charge in [0.05, 0.1) is 17.8 Å². The third-order valence-corrected chi connectivity index (χ3v) is 3.65. The van der Waals surface area contributed by atoms with Crippen LogP contribution < -0.4 is 5.32 Å². The van der Waals surface area contributed by atoms with E-state index in [-0.39, 0.29) is 5.54 Å². The zero-order chi connectivity index (χ0) is 14.0. The van der Waals surface area contributed by atoms with Crippen LogP contribution >= 0.6 is 0 Å². The molecular weight excluding hydrogens is 238 g/mol. The number of nitrogens with zero attached hydrogens (tertiary/aromatic N) is 2. The van der Waals surface area contributed by atoms with Crippen molar-refractivity contribution in [2.24, 2.45) is 5.92 Å². The first kappa shape index (κ1) is 14.5. The van der Waals surface area contributed by atoms with E-state index in [9.17, 15) is 0 Å². The maximum Gasteiger partial charge on any atom is 0.110 e. The van der Waals surface area contributed by atoms with E-state index >= 15 is 0 Å². The van der Waals surface area contributed by atoms with Gasteiger partial charge in [0, 0.05) is 38.7 Å². The van der Waals surface area contributed by atoms with Crippen LogP contribution in [0, 0.1) is 5.92 Å². The molecule has 0 spiro atoms. The van der Waals surface area contributed by atoms with Crippen LogP contribution in [0.25, 0.3) is 0 Å². The number of methoxy groups -OCH3 is 1. The van der Waals surface area contributed by atoms with Crippen LogP contribution in [-0.4, -0.2) is 29.8 Å². The molecule has 4 nitrogen and oxygen atoms in total. The lowest BCUT2D eigenvalue weighted by atomic mass is 10.0. The van der Waals surface area contributed by atoms with Gasteiger partial charge in [-0.1, -0.05) is 13.8 Å². The molecular formula is C15H27N3O. The Balaban J connectivity index is 2.45. The van der Waals surface area contributed by atoms with E-state index in [2.05, 4.69) is 37.6 Å². The highest BCUT2D eigenvalue weighted by atomic mass is 16.5. The Kier molecular flexibility index (Phi) is 4.31. The molecule has 1 aliphatic rings. The Morgan fingerprint density at radius 2 is 2.16 bits per heavy atom. The average molecular weight is 265 g/mol. The Morgan fingerprint density at radius 1 is 1.42 bits per heavy atom. The molecule has 0 aliphatic carbocycles. The second kappa shape index (κ2) is 5.63. The smallest absolute Gasteiger partial charge is 0.110 e. The minimum atomic E-state index is -0.0309. The van der Waals surface area contributed by atoms with Gasteiger partial charge < -0.3 is 14.6 Å². The SMILES string of the molecule is COCC(C)(C)n1c(CC(C)C)nc2c1CCNC2. The van der Waals surface area contributed by atoms with Gasteiger partial charge in [0.25, 0.3) is 0 Å². The molecule has 2 rings (SSSR count).